The molecule has 0 saturated carbocycles. The highest BCUT2D eigenvalue weighted by molar-refractivity contribution is 6.24. The summed E-state index contributed by atoms with van der Waals surface area (Å²) in [6.07, 6.45) is 2.53. The van der Waals surface area contributed by atoms with E-state index in [9.17, 15) is 4.79 Å². The van der Waals surface area contributed by atoms with Gasteiger partial charge in [0.2, 0.25) is 0 Å². The Balaban J connectivity index is 0.992. The van der Waals surface area contributed by atoms with Gasteiger partial charge in [0.25, 0.3) is 5.91 Å². The Bertz CT molecular complexity index is 1730. The molecule has 2 aliphatic heterocycles. The molecule has 4 heterocycles. The van der Waals surface area contributed by atoms with Crippen molar-refractivity contribution in [2.24, 2.45) is 0 Å². The number of amides is 1. The molecule has 0 radical (unpaired) electrons. The molecule has 1 amide bonds. The molecular weight excluding hydrogens is 500 g/mol. The molecule has 0 aliphatic carbocycles. The third-order valence-corrected chi connectivity index (χ3v) is 7.80. The van der Waals surface area contributed by atoms with Gasteiger partial charge in [-0.15, -0.1) is 0 Å². The van der Waals surface area contributed by atoms with Gasteiger partial charge in [-0.3, -0.25) is 9.69 Å². The van der Waals surface area contributed by atoms with Gasteiger partial charge in [0.15, 0.2) is 5.82 Å². The molecule has 0 spiro atoms. The molecule has 2 aliphatic rings. The first-order valence-electron chi connectivity index (χ1n) is 13.7. The number of carbonyl (C=O) groups excluding carboxylic acids is 1. The molecule has 7 rings (SSSR count). The quantitative estimate of drug-likeness (QED) is 0.350. The lowest BCUT2D eigenvalue weighted by atomic mass is 9.95. The van der Waals surface area contributed by atoms with E-state index in [0.29, 0.717) is 0 Å². The second-order valence-corrected chi connectivity index (χ2v) is 10.6. The molecule has 2 aromatic heterocycles. The maximum Gasteiger partial charge on any atom is 0.256 e. The van der Waals surface area contributed by atoms with Crippen LogP contribution in [0.25, 0.3) is 16.6 Å². The van der Waals surface area contributed by atoms with Crippen LogP contribution in [0.1, 0.15) is 38.7 Å². The Morgan fingerprint density at radius 3 is 2.40 bits per heavy atom. The third-order valence-electron chi connectivity index (χ3n) is 7.80. The Hall–Kier alpha value is -4.63. The van der Waals surface area contributed by atoms with E-state index in [2.05, 4.69) is 66.6 Å². The summed E-state index contributed by atoms with van der Waals surface area (Å²) >= 11 is 0. The SMILES string of the molecule is Cc1nc(N2CCN(Cc3ccc(Cc4ccc5c6c(cccc46)C(=O)N5)cc3)CC2)cc(-n2cnc(C)n2)n1. The molecule has 0 atom stereocenters. The maximum absolute atomic E-state index is 12.3. The summed E-state index contributed by atoms with van der Waals surface area (Å²) in [5.74, 6) is 3.11. The van der Waals surface area contributed by atoms with Crippen molar-refractivity contribution < 1.29 is 4.79 Å². The summed E-state index contributed by atoms with van der Waals surface area (Å²) in [4.78, 5) is 30.5. The van der Waals surface area contributed by atoms with Crippen LogP contribution >= 0.6 is 0 Å². The number of benzene rings is 3. The summed E-state index contributed by atoms with van der Waals surface area (Å²) in [7, 11) is 0. The van der Waals surface area contributed by atoms with Crippen molar-refractivity contribution in [1.29, 1.82) is 0 Å². The number of hydrogen-bond donors (Lipinski definition) is 1. The summed E-state index contributed by atoms with van der Waals surface area (Å²) in [6, 6.07) is 21.1. The predicted octanol–water partition coefficient (Wildman–Crippen LogP) is 4.31. The first-order valence-corrected chi connectivity index (χ1v) is 13.7. The number of piperazine rings is 1. The van der Waals surface area contributed by atoms with Gasteiger partial charge in [-0.25, -0.2) is 19.6 Å². The Morgan fingerprint density at radius 1 is 0.850 bits per heavy atom. The first kappa shape index (κ1) is 24.4. The number of nitrogens with zero attached hydrogens (tertiary/aromatic N) is 7. The van der Waals surface area contributed by atoms with Crippen LogP contribution in [0.15, 0.2) is 67.0 Å². The van der Waals surface area contributed by atoms with Gasteiger partial charge in [-0.1, -0.05) is 42.5 Å². The lowest BCUT2D eigenvalue weighted by molar-refractivity contribution is 0.103. The normalized spacial score (nSPS) is 15.2. The van der Waals surface area contributed by atoms with E-state index in [1.54, 1.807) is 11.0 Å². The molecule has 9 nitrogen and oxygen atoms in total. The Morgan fingerprint density at radius 2 is 1.62 bits per heavy atom. The minimum atomic E-state index is -0.0123. The van der Waals surface area contributed by atoms with Crippen LogP contribution < -0.4 is 10.2 Å². The number of carbonyl (C=O) groups is 1. The number of anilines is 2. The van der Waals surface area contributed by atoms with Crippen LogP contribution in [0.3, 0.4) is 0 Å². The van der Waals surface area contributed by atoms with Crippen molar-refractivity contribution in [2.75, 3.05) is 36.4 Å². The second-order valence-electron chi connectivity index (χ2n) is 10.6. The maximum atomic E-state index is 12.3. The summed E-state index contributed by atoms with van der Waals surface area (Å²) in [6.45, 7) is 8.47. The van der Waals surface area contributed by atoms with E-state index in [0.717, 1.165) is 84.5 Å². The highest BCUT2D eigenvalue weighted by Crippen LogP contribution is 2.35. The highest BCUT2D eigenvalue weighted by atomic mass is 16.1. The lowest BCUT2D eigenvalue weighted by Gasteiger charge is -2.35. The van der Waals surface area contributed by atoms with E-state index < -0.39 is 0 Å². The third kappa shape index (κ3) is 4.58. The van der Waals surface area contributed by atoms with Gasteiger partial charge in [0, 0.05) is 55.4 Å². The molecule has 200 valence electrons. The molecule has 1 fully saturated rings. The largest absolute Gasteiger partial charge is 0.354 e. The molecular formula is C31H30N8O. The minimum Gasteiger partial charge on any atom is -0.354 e. The molecule has 1 N–H and O–H groups in total. The Labute approximate surface area is 232 Å². The average Bonchev–Trinajstić information content (AvgIpc) is 3.55. The van der Waals surface area contributed by atoms with Gasteiger partial charge in [0.05, 0.1) is 0 Å². The van der Waals surface area contributed by atoms with Gasteiger partial charge < -0.3 is 10.2 Å². The zero-order chi connectivity index (χ0) is 27.2. The van der Waals surface area contributed by atoms with Crippen LogP contribution in [0.2, 0.25) is 0 Å². The molecule has 0 bridgehead atoms. The number of rotatable bonds is 6. The van der Waals surface area contributed by atoms with Crippen LogP contribution in [-0.2, 0) is 13.0 Å². The van der Waals surface area contributed by atoms with Crippen molar-refractivity contribution in [1.82, 2.24) is 29.6 Å². The summed E-state index contributed by atoms with van der Waals surface area (Å²) in [5.41, 5.74) is 5.50. The van der Waals surface area contributed by atoms with Crippen molar-refractivity contribution in [3.8, 4) is 5.82 Å². The minimum absolute atomic E-state index is 0.0123. The van der Waals surface area contributed by atoms with E-state index >= 15 is 0 Å². The van der Waals surface area contributed by atoms with E-state index in [4.69, 9.17) is 4.98 Å². The molecule has 1 saturated heterocycles. The number of hydrogen-bond acceptors (Lipinski definition) is 7. The van der Waals surface area contributed by atoms with Gasteiger partial charge in [-0.2, -0.15) is 5.10 Å². The van der Waals surface area contributed by atoms with E-state index in [1.165, 1.54) is 16.7 Å². The summed E-state index contributed by atoms with van der Waals surface area (Å²) < 4.78 is 1.71. The van der Waals surface area contributed by atoms with E-state index in [1.807, 2.05) is 38.1 Å². The molecule has 5 aromatic rings. The van der Waals surface area contributed by atoms with Crippen molar-refractivity contribution in [3.05, 3.63) is 101 Å². The van der Waals surface area contributed by atoms with Crippen LogP contribution in [0.4, 0.5) is 11.5 Å². The topological polar surface area (TPSA) is 92.1 Å². The monoisotopic (exact) mass is 530 g/mol. The standard InChI is InChI=1S/C31H30N8O/c1-20-32-19-39(36-20)29-17-28(33-21(2)34-29)38-14-12-37(13-15-38)18-23-8-6-22(7-9-23)16-24-10-11-27-30-25(24)4-3-5-26(30)31(40)35-27/h3-11,17,19H,12-16,18H2,1-2H3,(H,35,40). The molecule has 3 aromatic carbocycles. The fourth-order valence-electron chi connectivity index (χ4n) is 5.75. The average molecular weight is 531 g/mol. The van der Waals surface area contributed by atoms with Crippen LogP contribution in [0, 0.1) is 13.8 Å². The van der Waals surface area contributed by atoms with Gasteiger partial charge in [-0.05, 0) is 54.5 Å². The van der Waals surface area contributed by atoms with E-state index in [-0.39, 0.29) is 5.91 Å². The second kappa shape index (κ2) is 9.84. The zero-order valence-electron chi connectivity index (χ0n) is 22.6. The number of aryl methyl sites for hydroxylation is 2. The van der Waals surface area contributed by atoms with Gasteiger partial charge >= 0.3 is 0 Å². The lowest BCUT2D eigenvalue weighted by Crippen LogP contribution is -2.46. The van der Waals surface area contributed by atoms with Crippen molar-refractivity contribution in [3.63, 3.8) is 0 Å². The summed E-state index contributed by atoms with van der Waals surface area (Å²) in [5, 5.41) is 9.56. The van der Waals surface area contributed by atoms with Crippen molar-refractivity contribution >= 4 is 28.2 Å². The molecule has 0 unspecified atom stereocenters. The zero-order valence-corrected chi connectivity index (χ0v) is 22.6. The smallest absolute Gasteiger partial charge is 0.256 e. The van der Waals surface area contributed by atoms with Crippen LogP contribution in [0.5, 0.6) is 0 Å². The van der Waals surface area contributed by atoms with Crippen molar-refractivity contribution in [2.45, 2.75) is 26.8 Å². The Kier molecular flexibility index (Phi) is 6.00. The predicted molar refractivity (Wildman–Crippen MR) is 155 cm³/mol. The first-order chi connectivity index (χ1) is 19.5. The van der Waals surface area contributed by atoms with Gasteiger partial charge in [0.1, 0.15) is 23.8 Å². The number of aromatic nitrogens is 5. The molecule has 40 heavy (non-hydrogen) atoms. The number of nitrogens with one attached hydrogen (secondary N) is 1. The van der Waals surface area contributed by atoms with Crippen LogP contribution in [-0.4, -0.2) is 61.7 Å². The molecule has 9 heteroatoms. The fourth-order valence-corrected chi connectivity index (χ4v) is 5.75. The fraction of sp³-hybridized carbons (Fsp3) is 0.258. The highest BCUT2D eigenvalue weighted by Gasteiger charge is 2.22.